The number of carboxylic acid groups (broad SMARTS) is 1. The van der Waals surface area contributed by atoms with Crippen LogP contribution in [0.5, 0.6) is 11.5 Å². The molecule has 23 heavy (non-hydrogen) atoms. The minimum Gasteiger partial charge on any atom is -0.480 e. The quantitative estimate of drug-likeness (QED) is 0.835. The van der Waals surface area contributed by atoms with E-state index in [0.29, 0.717) is 0 Å². The van der Waals surface area contributed by atoms with Crippen LogP contribution < -0.4 is 14.8 Å². The summed E-state index contributed by atoms with van der Waals surface area (Å²) in [4.78, 5) is 24.4. The van der Waals surface area contributed by atoms with Gasteiger partial charge in [0.2, 0.25) is 12.7 Å². The molecule has 1 saturated heterocycles. The molecule has 2 aliphatic rings. The van der Waals surface area contributed by atoms with Crippen LogP contribution in [0.4, 0.5) is 0 Å². The molecule has 0 aromatic heterocycles. The van der Waals surface area contributed by atoms with Gasteiger partial charge in [0, 0.05) is 6.04 Å². The normalized spacial score (nSPS) is 19.2. The van der Waals surface area contributed by atoms with Gasteiger partial charge in [0.15, 0.2) is 11.5 Å². The van der Waals surface area contributed by atoms with E-state index in [1.54, 1.807) is 0 Å². The molecule has 126 valence electrons. The van der Waals surface area contributed by atoms with Gasteiger partial charge in [0.25, 0.3) is 0 Å². The zero-order valence-corrected chi connectivity index (χ0v) is 13.3. The second-order valence-corrected chi connectivity index (χ2v) is 5.41. The van der Waals surface area contributed by atoms with Crippen LogP contribution in [0, 0.1) is 0 Å². The van der Waals surface area contributed by atoms with Crippen molar-refractivity contribution in [1.29, 1.82) is 0 Å². The summed E-state index contributed by atoms with van der Waals surface area (Å²) >= 11 is 0. The highest BCUT2D eigenvalue weighted by atomic mass is 35.5. The Labute approximate surface area is 140 Å². The van der Waals surface area contributed by atoms with Crippen LogP contribution in [0.15, 0.2) is 18.2 Å². The summed E-state index contributed by atoms with van der Waals surface area (Å²) in [6.07, 6.45) is 1.97. The summed E-state index contributed by atoms with van der Waals surface area (Å²) in [6, 6.07) is 5.98. The van der Waals surface area contributed by atoms with Crippen LogP contribution in [-0.4, -0.2) is 48.3 Å². The number of carbonyl (C=O) groups excluding carboxylic acids is 1. The van der Waals surface area contributed by atoms with Crippen molar-refractivity contribution >= 4 is 24.3 Å². The molecule has 0 radical (unpaired) electrons. The zero-order chi connectivity index (χ0) is 15.5. The van der Waals surface area contributed by atoms with E-state index in [-0.39, 0.29) is 44.2 Å². The standard InChI is InChI=1S/C15H18N2O5.ClH/c18-14(16-7-15(19)20)8-17-5-1-2-11(17)10-3-4-12-13(6-10)22-9-21-12;/h3-4,6,11H,1-2,5,7-9H2,(H,16,18)(H,19,20);1H. The Morgan fingerprint density at radius 1 is 1.30 bits per heavy atom. The first-order valence-corrected chi connectivity index (χ1v) is 7.25. The summed E-state index contributed by atoms with van der Waals surface area (Å²) < 4.78 is 10.7. The Morgan fingerprint density at radius 3 is 2.87 bits per heavy atom. The number of halogens is 1. The van der Waals surface area contributed by atoms with E-state index in [2.05, 4.69) is 10.2 Å². The number of likely N-dealkylation sites (tertiary alicyclic amines) is 1. The summed E-state index contributed by atoms with van der Waals surface area (Å²) in [5.41, 5.74) is 1.09. The molecule has 1 amide bonds. The van der Waals surface area contributed by atoms with Crippen molar-refractivity contribution < 1.29 is 24.2 Å². The lowest BCUT2D eigenvalue weighted by atomic mass is 10.0. The molecule has 3 rings (SSSR count). The summed E-state index contributed by atoms with van der Waals surface area (Å²) in [5, 5.41) is 11.0. The van der Waals surface area contributed by atoms with Gasteiger partial charge in [0.1, 0.15) is 6.54 Å². The summed E-state index contributed by atoms with van der Waals surface area (Å²) in [7, 11) is 0. The number of aliphatic carboxylic acids is 1. The van der Waals surface area contributed by atoms with E-state index in [1.807, 2.05) is 18.2 Å². The van der Waals surface area contributed by atoms with Gasteiger partial charge in [-0.05, 0) is 37.1 Å². The van der Waals surface area contributed by atoms with Crippen molar-refractivity contribution in [3.05, 3.63) is 23.8 Å². The Kier molecular flexibility index (Phi) is 5.68. The third kappa shape index (κ3) is 4.05. The molecule has 1 unspecified atom stereocenters. The number of carbonyl (C=O) groups is 2. The van der Waals surface area contributed by atoms with E-state index in [9.17, 15) is 9.59 Å². The molecular formula is C15H19ClN2O5. The second-order valence-electron chi connectivity index (χ2n) is 5.41. The van der Waals surface area contributed by atoms with Crippen LogP contribution >= 0.6 is 12.4 Å². The predicted molar refractivity (Wildman–Crippen MR) is 84.0 cm³/mol. The Balaban J connectivity index is 0.00000192. The molecule has 0 saturated carbocycles. The number of benzene rings is 1. The van der Waals surface area contributed by atoms with Crippen molar-refractivity contribution in [1.82, 2.24) is 10.2 Å². The minimum absolute atomic E-state index is 0. The fourth-order valence-corrected chi connectivity index (χ4v) is 2.93. The lowest BCUT2D eigenvalue weighted by Crippen LogP contribution is -2.39. The number of carboxylic acids is 1. The monoisotopic (exact) mass is 342 g/mol. The molecule has 0 aliphatic carbocycles. The highest BCUT2D eigenvalue weighted by molar-refractivity contribution is 5.85. The molecule has 2 heterocycles. The molecule has 1 fully saturated rings. The first-order valence-electron chi connectivity index (χ1n) is 7.25. The van der Waals surface area contributed by atoms with Gasteiger partial charge in [-0.3, -0.25) is 14.5 Å². The molecule has 2 N–H and O–H groups in total. The number of fused-ring (bicyclic) bond motifs is 1. The molecule has 1 aromatic rings. The van der Waals surface area contributed by atoms with E-state index in [1.165, 1.54) is 0 Å². The van der Waals surface area contributed by atoms with Crippen molar-refractivity contribution in [3.8, 4) is 11.5 Å². The minimum atomic E-state index is -1.04. The highest BCUT2D eigenvalue weighted by Crippen LogP contribution is 2.38. The van der Waals surface area contributed by atoms with Crippen molar-refractivity contribution in [2.45, 2.75) is 18.9 Å². The first kappa shape index (κ1) is 17.4. The van der Waals surface area contributed by atoms with Gasteiger partial charge in [-0.2, -0.15) is 0 Å². The van der Waals surface area contributed by atoms with Crippen molar-refractivity contribution in [2.24, 2.45) is 0 Å². The molecule has 7 nitrogen and oxygen atoms in total. The highest BCUT2D eigenvalue weighted by Gasteiger charge is 2.29. The number of hydrogen-bond donors (Lipinski definition) is 2. The van der Waals surface area contributed by atoms with Gasteiger partial charge >= 0.3 is 5.97 Å². The van der Waals surface area contributed by atoms with E-state index in [4.69, 9.17) is 14.6 Å². The molecule has 0 spiro atoms. The van der Waals surface area contributed by atoms with Crippen molar-refractivity contribution in [2.75, 3.05) is 26.4 Å². The molecule has 2 aliphatic heterocycles. The first-order chi connectivity index (χ1) is 10.6. The summed E-state index contributed by atoms with van der Waals surface area (Å²) in [5.74, 6) is 0.171. The fraction of sp³-hybridized carbons (Fsp3) is 0.467. The van der Waals surface area contributed by atoms with Crippen LogP contribution in [-0.2, 0) is 9.59 Å². The number of hydrogen-bond acceptors (Lipinski definition) is 5. The van der Waals surface area contributed by atoms with Crippen molar-refractivity contribution in [3.63, 3.8) is 0 Å². The largest absolute Gasteiger partial charge is 0.480 e. The third-order valence-electron chi connectivity index (χ3n) is 3.93. The van der Waals surface area contributed by atoms with E-state index >= 15 is 0 Å². The lowest BCUT2D eigenvalue weighted by Gasteiger charge is -2.24. The maximum atomic E-state index is 11.8. The van der Waals surface area contributed by atoms with Crippen LogP contribution in [0.2, 0.25) is 0 Å². The molecule has 1 aromatic carbocycles. The second kappa shape index (κ2) is 7.52. The fourth-order valence-electron chi connectivity index (χ4n) is 2.93. The third-order valence-corrected chi connectivity index (χ3v) is 3.93. The predicted octanol–water partition coefficient (Wildman–Crippen LogP) is 1.17. The Hall–Kier alpha value is -1.99. The average molecular weight is 343 g/mol. The molecular weight excluding hydrogens is 324 g/mol. The van der Waals surface area contributed by atoms with Crippen LogP contribution in [0.1, 0.15) is 24.4 Å². The molecule has 8 heteroatoms. The lowest BCUT2D eigenvalue weighted by molar-refractivity contribution is -0.138. The van der Waals surface area contributed by atoms with Gasteiger partial charge in [0.05, 0.1) is 6.54 Å². The maximum absolute atomic E-state index is 11.8. The average Bonchev–Trinajstić information content (AvgIpc) is 3.12. The Bertz CT molecular complexity index is 595. The number of amides is 1. The molecule has 0 bridgehead atoms. The van der Waals surface area contributed by atoms with Gasteiger partial charge in [-0.25, -0.2) is 0 Å². The SMILES string of the molecule is Cl.O=C(O)CNC(=O)CN1CCCC1c1ccc2c(c1)OCO2. The number of nitrogens with zero attached hydrogens (tertiary/aromatic N) is 1. The van der Waals surface area contributed by atoms with Gasteiger partial charge < -0.3 is 19.9 Å². The molecule has 1 atom stereocenters. The number of rotatable bonds is 5. The Morgan fingerprint density at radius 2 is 2.09 bits per heavy atom. The maximum Gasteiger partial charge on any atom is 0.322 e. The van der Waals surface area contributed by atoms with E-state index in [0.717, 1.165) is 36.4 Å². The van der Waals surface area contributed by atoms with Gasteiger partial charge in [-0.1, -0.05) is 6.07 Å². The smallest absolute Gasteiger partial charge is 0.322 e. The van der Waals surface area contributed by atoms with E-state index < -0.39 is 5.97 Å². The topological polar surface area (TPSA) is 88.1 Å². The van der Waals surface area contributed by atoms with Crippen LogP contribution in [0.25, 0.3) is 0 Å². The summed E-state index contributed by atoms with van der Waals surface area (Å²) in [6.45, 7) is 0.915. The van der Waals surface area contributed by atoms with Crippen LogP contribution in [0.3, 0.4) is 0 Å². The zero-order valence-electron chi connectivity index (χ0n) is 12.5. The number of ether oxygens (including phenoxy) is 2. The van der Waals surface area contributed by atoms with Gasteiger partial charge in [-0.15, -0.1) is 12.4 Å². The number of nitrogens with one attached hydrogen (secondary N) is 1.